The molecule has 0 bridgehead atoms. The average molecular weight is 256 g/mol. The van der Waals surface area contributed by atoms with Crippen molar-refractivity contribution in [3.05, 3.63) is 0 Å². The Hall–Kier alpha value is -0.610. The van der Waals surface area contributed by atoms with Gasteiger partial charge in [0.1, 0.15) is 0 Å². The van der Waals surface area contributed by atoms with Crippen molar-refractivity contribution in [2.45, 2.75) is 52.2 Å². The maximum Gasteiger partial charge on any atom is 0.225 e. The first-order chi connectivity index (χ1) is 8.41. The van der Waals surface area contributed by atoms with E-state index in [0.29, 0.717) is 19.1 Å². The highest BCUT2D eigenvalue weighted by atomic mass is 16.5. The molecule has 1 aliphatic carbocycles. The monoisotopic (exact) mass is 256 g/mol. The molecule has 1 fully saturated rings. The van der Waals surface area contributed by atoms with Gasteiger partial charge in [-0.3, -0.25) is 4.79 Å². The predicted octanol–water partition coefficient (Wildman–Crippen LogP) is 1.63. The molecule has 0 aliphatic heterocycles. The lowest BCUT2D eigenvalue weighted by Crippen LogP contribution is -2.42. The number of amides is 1. The van der Waals surface area contributed by atoms with Gasteiger partial charge in [0.15, 0.2) is 0 Å². The topological polar surface area (TPSA) is 55.6 Å². The van der Waals surface area contributed by atoms with Crippen molar-refractivity contribution in [2.24, 2.45) is 17.6 Å². The maximum atomic E-state index is 12.3. The molecule has 0 aromatic rings. The van der Waals surface area contributed by atoms with Gasteiger partial charge in [0.2, 0.25) is 5.91 Å². The molecule has 1 saturated carbocycles. The van der Waals surface area contributed by atoms with Crippen molar-refractivity contribution in [1.82, 2.24) is 4.90 Å². The molecule has 0 spiro atoms. The summed E-state index contributed by atoms with van der Waals surface area (Å²) in [6.45, 7) is 7.44. The molecule has 1 aliphatic rings. The van der Waals surface area contributed by atoms with Crippen molar-refractivity contribution in [3.8, 4) is 0 Å². The molecular weight excluding hydrogens is 228 g/mol. The first-order valence-electron chi connectivity index (χ1n) is 7.04. The Morgan fingerprint density at radius 1 is 1.44 bits per heavy atom. The number of rotatable bonds is 5. The molecule has 106 valence electrons. The lowest BCUT2D eigenvalue weighted by atomic mass is 9.79. The van der Waals surface area contributed by atoms with Crippen LogP contribution in [0, 0.1) is 11.8 Å². The van der Waals surface area contributed by atoms with Crippen molar-refractivity contribution in [2.75, 3.05) is 20.2 Å². The van der Waals surface area contributed by atoms with Crippen LogP contribution in [0.15, 0.2) is 0 Å². The molecule has 0 aromatic heterocycles. The average Bonchev–Trinajstić information content (AvgIpc) is 2.31. The van der Waals surface area contributed by atoms with Crippen LogP contribution in [0.2, 0.25) is 0 Å². The second-order valence-corrected chi connectivity index (χ2v) is 5.83. The lowest BCUT2D eigenvalue weighted by Gasteiger charge is -2.33. The summed E-state index contributed by atoms with van der Waals surface area (Å²) in [6, 6.07) is 0.267. The zero-order chi connectivity index (χ0) is 13.7. The van der Waals surface area contributed by atoms with Crippen LogP contribution in [-0.4, -0.2) is 43.2 Å². The summed E-state index contributed by atoms with van der Waals surface area (Å²) < 4.78 is 5.47. The van der Waals surface area contributed by atoms with E-state index in [4.69, 9.17) is 10.5 Å². The highest BCUT2D eigenvalue weighted by molar-refractivity contribution is 5.78. The summed E-state index contributed by atoms with van der Waals surface area (Å²) in [5.74, 6) is 0.859. The Morgan fingerprint density at radius 2 is 2.11 bits per heavy atom. The highest BCUT2D eigenvalue weighted by Crippen LogP contribution is 2.29. The number of carbonyl (C=O) groups is 1. The molecule has 0 heterocycles. The van der Waals surface area contributed by atoms with Crippen LogP contribution in [0.5, 0.6) is 0 Å². The van der Waals surface area contributed by atoms with E-state index < -0.39 is 0 Å². The van der Waals surface area contributed by atoms with Crippen LogP contribution >= 0.6 is 0 Å². The Balaban J connectivity index is 2.34. The number of ether oxygens (including phenoxy) is 1. The molecule has 4 heteroatoms. The van der Waals surface area contributed by atoms with Gasteiger partial charge in [-0.15, -0.1) is 0 Å². The Bertz CT molecular complexity index is 269. The molecule has 0 saturated heterocycles. The van der Waals surface area contributed by atoms with Crippen molar-refractivity contribution in [1.29, 1.82) is 0 Å². The Labute approximate surface area is 111 Å². The van der Waals surface area contributed by atoms with Crippen LogP contribution in [0.25, 0.3) is 0 Å². The molecule has 1 rings (SSSR count). The van der Waals surface area contributed by atoms with E-state index in [1.165, 1.54) is 0 Å². The summed E-state index contributed by atoms with van der Waals surface area (Å²) in [6.07, 6.45) is 3.05. The molecule has 4 nitrogen and oxygen atoms in total. The van der Waals surface area contributed by atoms with E-state index in [2.05, 4.69) is 6.92 Å². The second kappa shape index (κ2) is 7.10. The number of likely N-dealkylation sites (N-methyl/N-ethyl adjacent to an activating group) is 1. The smallest absolute Gasteiger partial charge is 0.225 e. The van der Waals surface area contributed by atoms with Gasteiger partial charge in [0.05, 0.1) is 12.7 Å². The van der Waals surface area contributed by atoms with E-state index in [9.17, 15) is 4.79 Å². The first-order valence-corrected chi connectivity index (χ1v) is 7.04. The third kappa shape index (κ3) is 4.58. The van der Waals surface area contributed by atoms with Crippen LogP contribution in [0.4, 0.5) is 0 Å². The van der Waals surface area contributed by atoms with Gasteiger partial charge >= 0.3 is 0 Å². The molecule has 3 atom stereocenters. The molecule has 1 amide bonds. The van der Waals surface area contributed by atoms with Crippen LogP contribution < -0.4 is 5.73 Å². The highest BCUT2D eigenvalue weighted by Gasteiger charge is 2.30. The fourth-order valence-corrected chi connectivity index (χ4v) is 2.49. The fourth-order valence-electron chi connectivity index (χ4n) is 2.49. The number of nitrogens with zero attached hydrogens (tertiary/aromatic N) is 1. The summed E-state index contributed by atoms with van der Waals surface area (Å²) >= 11 is 0. The van der Waals surface area contributed by atoms with E-state index in [-0.39, 0.29) is 24.0 Å². The fraction of sp³-hybridized carbons (Fsp3) is 0.929. The standard InChI is InChI=1S/C14H28N2O2/c1-10(2)18-8-7-16(4)14(17)12-5-6-13(15)11(3)9-12/h10-13H,5-9,15H2,1-4H3. The SMILES string of the molecule is CC(C)OCCN(C)C(=O)C1CCC(N)C(C)C1. The van der Waals surface area contributed by atoms with Crippen LogP contribution in [0.1, 0.15) is 40.0 Å². The third-order valence-electron chi connectivity index (χ3n) is 3.84. The minimum absolute atomic E-state index is 0.156. The predicted molar refractivity (Wildman–Crippen MR) is 73.2 cm³/mol. The quantitative estimate of drug-likeness (QED) is 0.813. The minimum atomic E-state index is 0.156. The van der Waals surface area contributed by atoms with Gasteiger partial charge in [-0.2, -0.15) is 0 Å². The molecule has 0 aromatic carbocycles. The summed E-state index contributed by atoms with van der Waals surface area (Å²) in [4.78, 5) is 14.1. The number of nitrogens with two attached hydrogens (primary N) is 1. The van der Waals surface area contributed by atoms with Gasteiger partial charge in [0, 0.05) is 25.6 Å². The molecular formula is C14H28N2O2. The van der Waals surface area contributed by atoms with Crippen LogP contribution in [0.3, 0.4) is 0 Å². The zero-order valence-electron chi connectivity index (χ0n) is 12.2. The summed E-state index contributed by atoms with van der Waals surface area (Å²) in [7, 11) is 1.87. The first kappa shape index (κ1) is 15.4. The van der Waals surface area contributed by atoms with Gasteiger partial charge in [0.25, 0.3) is 0 Å². The lowest BCUT2D eigenvalue weighted by molar-refractivity contribution is -0.136. The maximum absolute atomic E-state index is 12.3. The van der Waals surface area contributed by atoms with E-state index in [0.717, 1.165) is 19.3 Å². The number of hydrogen-bond donors (Lipinski definition) is 1. The number of carbonyl (C=O) groups excluding carboxylic acids is 1. The van der Waals surface area contributed by atoms with Crippen molar-refractivity contribution >= 4 is 5.91 Å². The van der Waals surface area contributed by atoms with Gasteiger partial charge in [-0.05, 0) is 39.0 Å². The molecule has 3 unspecified atom stereocenters. The molecule has 2 N–H and O–H groups in total. The van der Waals surface area contributed by atoms with E-state index in [1.807, 2.05) is 20.9 Å². The molecule has 18 heavy (non-hydrogen) atoms. The van der Waals surface area contributed by atoms with Crippen LogP contribution in [-0.2, 0) is 9.53 Å². The Morgan fingerprint density at radius 3 is 2.67 bits per heavy atom. The van der Waals surface area contributed by atoms with E-state index >= 15 is 0 Å². The van der Waals surface area contributed by atoms with Crippen molar-refractivity contribution in [3.63, 3.8) is 0 Å². The van der Waals surface area contributed by atoms with Gasteiger partial charge in [-0.1, -0.05) is 6.92 Å². The Kier molecular flexibility index (Phi) is 6.09. The van der Waals surface area contributed by atoms with E-state index in [1.54, 1.807) is 4.90 Å². The van der Waals surface area contributed by atoms with Crippen molar-refractivity contribution < 1.29 is 9.53 Å². The zero-order valence-corrected chi connectivity index (χ0v) is 12.2. The summed E-state index contributed by atoms with van der Waals surface area (Å²) in [5.41, 5.74) is 5.99. The normalized spacial score (nSPS) is 28.4. The van der Waals surface area contributed by atoms with Gasteiger partial charge < -0.3 is 15.4 Å². The number of hydrogen-bond acceptors (Lipinski definition) is 3. The molecule has 0 radical (unpaired) electrons. The largest absolute Gasteiger partial charge is 0.377 e. The second-order valence-electron chi connectivity index (χ2n) is 5.83. The minimum Gasteiger partial charge on any atom is -0.377 e. The third-order valence-corrected chi connectivity index (χ3v) is 3.84. The van der Waals surface area contributed by atoms with Gasteiger partial charge in [-0.25, -0.2) is 0 Å². The summed E-state index contributed by atoms with van der Waals surface area (Å²) in [5, 5.41) is 0.